The Morgan fingerprint density at radius 3 is 1.96 bits per heavy atom. The number of fused-ring (bicyclic) bond motifs is 11. The highest BCUT2D eigenvalue weighted by Crippen LogP contribution is 2.54. The lowest BCUT2D eigenvalue weighted by Gasteiger charge is -2.29. The van der Waals surface area contributed by atoms with Crippen LogP contribution in [0, 0.1) is 0 Å². The summed E-state index contributed by atoms with van der Waals surface area (Å²) in [6.45, 7) is 4.68. The van der Waals surface area contributed by atoms with Gasteiger partial charge in [0.15, 0.2) is 0 Å². The maximum absolute atomic E-state index is 6.54. The van der Waals surface area contributed by atoms with Crippen molar-refractivity contribution in [3.05, 3.63) is 175 Å². The normalized spacial score (nSPS) is 13.3. The van der Waals surface area contributed by atoms with Gasteiger partial charge in [-0.25, -0.2) is 0 Å². The van der Waals surface area contributed by atoms with Gasteiger partial charge in [0.1, 0.15) is 22.3 Å². The number of furan rings is 2. The molecule has 3 heteroatoms. The average molecular weight is 668 g/mol. The second kappa shape index (κ2) is 10.7. The molecular weight excluding hydrogens is 635 g/mol. The monoisotopic (exact) mass is 667 g/mol. The van der Waals surface area contributed by atoms with Gasteiger partial charge in [0.25, 0.3) is 0 Å². The molecule has 0 spiro atoms. The Balaban J connectivity index is 1.14. The van der Waals surface area contributed by atoms with E-state index in [4.69, 9.17) is 8.83 Å². The highest BCUT2D eigenvalue weighted by Gasteiger charge is 2.37. The summed E-state index contributed by atoms with van der Waals surface area (Å²) in [4.78, 5) is 2.42. The van der Waals surface area contributed by atoms with Crippen molar-refractivity contribution in [1.82, 2.24) is 0 Å². The zero-order chi connectivity index (χ0) is 34.6. The van der Waals surface area contributed by atoms with Gasteiger partial charge >= 0.3 is 0 Å². The van der Waals surface area contributed by atoms with Crippen molar-refractivity contribution < 1.29 is 8.83 Å². The number of para-hydroxylation sites is 2. The van der Waals surface area contributed by atoms with E-state index >= 15 is 0 Å². The first-order chi connectivity index (χ1) is 25.5. The zero-order valence-electron chi connectivity index (χ0n) is 28.9. The van der Waals surface area contributed by atoms with Gasteiger partial charge in [-0.1, -0.05) is 123 Å². The highest BCUT2D eigenvalue weighted by atomic mass is 16.3. The van der Waals surface area contributed by atoms with Crippen LogP contribution >= 0.6 is 0 Å². The number of nitrogens with zero attached hydrogens (tertiary/aromatic N) is 1. The van der Waals surface area contributed by atoms with Gasteiger partial charge in [0, 0.05) is 49.3 Å². The lowest BCUT2D eigenvalue weighted by atomic mass is 9.82. The SMILES string of the molecule is CC1(C)c2ccccc2-c2c(N(c3ccc(-c4cc5ccccc5c5oc6ccccc6c45)cc3)c3ccc4oc5ccccc5c4c3)cccc21. The van der Waals surface area contributed by atoms with Crippen molar-refractivity contribution in [1.29, 1.82) is 0 Å². The summed E-state index contributed by atoms with van der Waals surface area (Å²) in [5, 5.41) is 6.79. The van der Waals surface area contributed by atoms with E-state index < -0.39 is 0 Å². The fourth-order valence-electron chi connectivity index (χ4n) is 8.78. The number of hydrogen-bond acceptors (Lipinski definition) is 3. The van der Waals surface area contributed by atoms with Gasteiger partial charge in [0.2, 0.25) is 0 Å². The number of benzene rings is 8. The third-order valence-corrected chi connectivity index (χ3v) is 11.3. The van der Waals surface area contributed by atoms with Crippen molar-refractivity contribution in [3.8, 4) is 22.3 Å². The molecule has 52 heavy (non-hydrogen) atoms. The molecule has 1 aliphatic rings. The van der Waals surface area contributed by atoms with E-state index in [2.05, 4.69) is 164 Å². The molecule has 0 N–H and O–H groups in total. The summed E-state index contributed by atoms with van der Waals surface area (Å²) in [5.41, 5.74) is 14.4. The van der Waals surface area contributed by atoms with Crippen LogP contribution in [0.3, 0.4) is 0 Å². The minimum Gasteiger partial charge on any atom is -0.456 e. The smallest absolute Gasteiger partial charge is 0.143 e. The van der Waals surface area contributed by atoms with E-state index in [1.165, 1.54) is 27.8 Å². The Bertz CT molecular complexity index is 3050. The molecule has 10 aromatic rings. The van der Waals surface area contributed by atoms with Crippen LogP contribution in [0.2, 0.25) is 0 Å². The van der Waals surface area contributed by atoms with Gasteiger partial charge < -0.3 is 13.7 Å². The van der Waals surface area contributed by atoms with Crippen LogP contribution in [0.5, 0.6) is 0 Å². The van der Waals surface area contributed by atoms with E-state index in [-0.39, 0.29) is 5.41 Å². The van der Waals surface area contributed by atoms with Crippen molar-refractivity contribution in [3.63, 3.8) is 0 Å². The molecule has 1 aliphatic carbocycles. The summed E-state index contributed by atoms with van der Waals surface area (Å²) in [7, 11) is 0. The molecule has 2 aromatic heterocycles. The van der Waals surface area contributed by atoms with E-state index in [0.29, 0.717) is 0 Å². The summed E-state index contributed by atoms with van der Waals surface area (Å²) in [6.07, 6.45) is 0. The summed E-state index contributed by atoms with van der Waals surface area (Å²) < 4.78 is 12.8. The maximum atomic E-state index is 6.54. The molecule has 0 fully saturated rings. The molecule has 0 saturated heterocycles. The molecule has 8 aromatic carbocycles. The molecule has 0 atom stereocenters. The van der Waals surface area contributed by atoms with E-state index in [1.807, 2.05) is 18.2 Å². The van der Waals surface area contributed by atoms with Gasteiger partial charge in [-0.05, 0) is 87.8 Å². The van der Waals surface area contributed by atoms with E-state index in [0.717, 1.165) is 77.3 Å². The number of anilines is 3. The second-order valence-corrected chi connectivity index (χ2v) is 14.5. The Hall–Kier alpha value is -6.58. The van der Waals surface area contributed by atoms with Crippen LogP contribution < -0.4 is 4.90 Å². The van der Waals surface area contributed by atoms with Crippen molar-refractivity contribution >= 4 is 71.7 Å². The van der Waals surface area contributed by atoms with Crippen LogP contribution in [0.1, 0.15) is 25.0 Å². The van der Waals surface area contributed by atoms with Crippen molar-refractivity contribution in [2.45, 2.75) is 19.3 Å². The molecule has 11 rings (SSSR count). The Labute approximate surface area is 301 Å². The maximum Gasteiger partial charge on any atom is 0.143 e. The van der Waals surface area contributed by atoms with Gasteiger partial charge in [-0.15, -0.1) is 0 Å². The zero-order valence-corrected chi connectivity index (χ0v) is 28.9. The molecule has 0 bridgehead atoms. The lowest BCUT2D eigenvalue weighted by molar-refractivity contribution is 0.660. The Kier molecular flexibility index (Phi) is 6.01. The second-order valence-electron chi connectivity index (χ2n) is 14.5. The summed E-state index contributed by atoms with van der Waals surface area (Å²) in [5.74, 6) is 0. The molecule has 0 unspecified atom stereocenters. The first-order valence-corrected chi connectivity index (χ1v) is 17.9. The number of hydrogen-bond donors (Lipinski definition) is 0. The predicted octanol–water partition coefficient (Wildman–Crippen LogP) is 14.1. The molecule has 2 heterocycles. The first kappa shape index (κ1) is 29.2. The van der Waals surface area contributed by atoms with Gasteiger partial charge in [0.05, 0.1) is 5.69 Å². The molecule has 0 amide bonds. The first-order valence-electron chi connectivity index (χ1n) is 17.9. The van der Waals surface area contributed by atoms with Gasteiger partial charge in [-0.2, -0.15) is 0 Å². The molecule has 0 radical (unpaired) electrons. The standard InChI is InChI=1S/C49H33NO2/c1-49(2)40-17-8-5-15-36(40)47-41(49)18-11-19-42(47)50(33-26-27-45-39(29-33)35-14-6-9-20-43(35)51-45)32-24-22-30(23-25-32)38-28-31-12-3-4-13-34(31)48-46(38)37-16-7-10-21-44(37)52-48/h3-29H,1-2H3. The van der Waals surface area contributed by atoms with Crippen LogP contribution in [0.15, 0.2) is 173 Å². The average Bonchev–Trinajstić information content (AvgIpc) is 3.84. The predicted molar refractivity (Wildman–Crippen MR) is 216 cm³/mol. The molecule has 246 valence electrons. The summed E-state index contributed by atoms with van der Waals surface area (Å²) in [6, 6.07) is 58.8. The molecule has 3 nitrogen and oxygen atoms in total. The number of rotatable bonds is 4. The van der Waals surface area contributed by atoms with Crippen molar-refractivity contribution in [2.75, 3.05) is 4.90 Å². The fourth-order valence-corrected chi connectivity index (χ4v) is 8.78. The van der Waals surface area contributed by atoms with Crippen LogP contribution in [-0.4, -0.2) is 0 Å². The largest absolute Gasteiger partial charge is 0.456 e. The van der Waals surface area contributed by atoms with E-state index in [9.17, 15) is 0 Å². The van der Waals surface area contributed by atoms with Gasteiger partial charge in [-0.3, -0.25) is 0 Å². The lowest BCUT2D eigenvalue weighted by Crippen LogP contribution is -2.16. The van der Waals surface area contributed by atoms with Crippen LogP contribution in [0.25, 0.3) is 76.9 Å². The molecular formula is C49H33NO2. The van der Waals surface area contributed by atoms with Crippen LogP contribution in [-0.2, 0) is 5.41 Å². The Morgan fingerprint density at radius 1 is 0.462 bits per heavy atom. The molecule has 0 aliphatic heterocycles. The van der Waals surface area contributed by atoms with E-state index in [1.54, 1.807) is 0 Å². The fraction of sp³-hybridized carbons (Fsp3) is 0.0612. The highest BCUT2D eigenvalue weighted by molar-refractivity contribution is 6.21. The van der Waals surface area contributed by atoms with Crippen LogP contribution in [0.4, 0.5) is 17.1 Å². The quantitative estimate of drug-likeness (QED) is 0.187. The minimum atomic E-state index is -0.114. The third kappa shape index (κ3) is 4.08. The third-order valence-electron chi connectivity index (χ3n) is 11.3. The topological polar surface area (TPSA) is 29.5 Å². The van der Waals surface area contributed by atoms with Crippen molar-refractivity contribution in [2.24, 2.45) is 0 Å². The summed E-state index contributed by atoms with van der Waals surface area (Å²) >= 11 is 0. The molecule has 0 saturated carbocycles. The minimum absolute atomic E-state index is 0.114. The Morgan fingerprint density at radius 2 is 1.12 bits per heavy atom.